The van der Waals surface area contributed by atoms with Gasteiger partial charge >= 0.3 is 11.9 Å². The van der Waals surface area contributed by atoms with Gasteiger partial charge in [0.2, 0.25) is 0 Å². The molecule has 31 heavy (non-hydrogen) atoms. The first-order chi connectivity index (χ1) is 14.9. The van der Waals surface area contributed by atoms with Crippen LogP contribution in [0.2, 0.25) is 0 Å². The van der Waals surface area contributed by atoms with Crippen molar-refractivity contribution in [1.29, 1.82) is 0 Å². The Labute approximate surface area is 179 Å². The number of aliphatic hydroxyl groups is 1. The molecule has 1 aliphatic rings. The van der Waals surface area contributed by atoms with Crippen LogP contribution < -0.4 is 9.47 Å². The smallest absolute Gasteiger partial charge is 0.344 e. The fourth-order valence-corrected chi connectivity index (χ4v) is 2.53. The van der Waals surface area contributed by atoms with E-state index in [1.165, 1.54) is 25.1 Å². The van der Waals surface area contributed by atoms with Crippen LogP contribution >= 0.6 is 0 Å². The topological polar surface area (TPSA) is 108 Å². The van der Waals surface area contributed by atoms with Crippen molar-refractivity contribution in [2.75, 3.05) is 13.2 Å². The van der Waals surface area contributed by atoms with Gasteiger partial charge in [-0.15, -0.1) is 0 Å². The summed E-state index contributed by atoms with van der Waals surface area (Å²) in [7, 11) is 0. The molecule has 0 spiro atoms. The van der Waals surface area contributed by atoms with Crippen molar-refractivity contribution >= 4 is 17.7 Å². The van der Waals surface area contributed by atoms with Gasteiger partial charge in [0.25, 0.3) is 6.29 Å². The number of benzene rings is 2. The molecule has 1 aliphatic carbocycles. The van der Waals surface area contributed by atoms with Crippen molar-refractivity contribution in [2.45, 2.75) is 32.7 Å². The third-order valence-electron chi connectivity index (χ3n) is 4.50. The van der Waals surface area contributed by atoms with E-state index in [-0.39, 0.29) is 23.7 Å². The van der Waals surface area contributed by atoms with E-state index in [2.05, 4.69) is 0 Å². The Bertz CT molecular complexity index is 920. The summed E-state index contributed by atoms with van der Waals surface area (Å²) in [6, 6.07) is 13.3. The lowest BCUT2D eigenvalue weighted by atomic mass is 10.2. The van der Waals surface area contributed by atoms with Crippen LogP contribution in [-0.2, 0) is 25.7 Å². The monoisotopic (exact) mass is 428 g/mol. The van der Waals surface area contributed by atoms with E-state index in [1.54, 1.807) is 0 Å². The van der Waals surface area contributed by atoms with Gasteiger partial charge in [-0.05, 0) is 42.5 Å². The predicted molar refractivity (Wildman–Crippen MR) is 108 cm³/mol. The highest BCUT2D eigenvalue weighted by Crippen LogP contribution is 2.34. The molecule has 1 N–H and O–H groups in total. The largest absolute Gasteiger partial charge is 0.489 e. The van der Waals surface area contributed by atoms with E-state index in [9.17, 15) is 19.5 Å². The van der Waals surface area contributed by atoms with Gasteiger partial charge in [-0.3, -0.25) is 4.79 Å². The minimum absolute atomic E-state index is 0.0842. The Kier molecular flexibility index (Phi) is 7.61. The summed E-state index contributed by atoms with van der Waals surface area (Å²) in [6.07, 6.45) is 0.471. The summed E-state index contributed by atoms with van der Waals surface area (Å²) in [6.45, 7) is 1.17. The Balaban J connectivity index is 1.57. The normalized spacial score (nSPS) is 13.7. The zero-order valence-electron chi connectivity index (χ0n) is 17.1. The highest BCUT2D eigenvalue weighted by atomic mass is 16.6. The number of ketones is 1. The van der Waals surface area contributed by atoms with Crippen molar-refractivity contribution < 1.29 is 38.4 Å². The van der Waals surface area contributed by atoms with E-state index in [4.69, 9.17) is 18.9 Å². The maximum atomic E-state index is 12.3. The first-order valence-electron chi connectivity index (χ1n) is 9.91. The molecule has 2 aromatic rings. The van der Waals surface area contributed by atoms with Crippen molar-refractivity contribution in [3.8, 4) is 11.5 Å². The molecule has 8 heteroatoms. The third-order valence-corrected chi connectivity index (χ3v) is 4.50. The molecular weight excluding hydrogens is 404 g/mol. The van der Waals surface area contributed by atoms with Gasteiger partial charge in [0.1, 0.15) is 6.61 Å². The molecule has 0 aliphatic heterocycles. The van der Waals surface area contributed by atoms with Gasteiger partial charge in [-0.1, -0.05) is 30.3 Å². The van der Waals surface area contributed by atoms with Gasteiger partial charge in [-0.25, -0.2) is 9.59 Å². The van der Waals surface area contributed by atoms with E-state index in [0.29, 0.717) is 12.5 Å². The summed E-state index contributed by atoms with van der Waals surface area (Å²) in [5.41, 5.74) is 0.953. The zero-order valence-corrected chi connectivity index (χ0v) is 17.1. The van der Waals surface area contributed by atoms with Crippen LogP contribution in [0.15, 0.2) is 48.5 Å². The molecule has 3 rings (SSSR count). The average molecular weight is 428 g/mol. The van der Waals surface area contributed by atoms with Crippen LogP contribution in [-0.4, -0.2) is 42.3 Å². The molecule has 1 atom stereocenters. The van der Waals surface area contributed by atoms with E-state index in [0.717, 1.165) is 18.4 Å². The number of hydrogen-bond donors (Lipinski definition) is 1. The molecule has 0 aromatic heterocycles. The summed E-state index contributed by atoms with van der Waals surface area (Å²) >= 11 is 0. The van der Waals surface area contributed by atoms with Gasteiger partial charge in [0.05, 0.1) is 12.2 Å². The van der Waals surface area contributed by atoms with Crippen molar-refractivity contribution in [2.24, 2.45) is 5.92 Å². The number of carbonyl (C=O) groups excluding carboxylic acids is 3. The molecule has 0 heterocycles. The number of carbonyl (C=O) groups is 3. The highest BCUT2D eigenvalue weighted by molar-refractivity contribution is 5.91. The third kappa shape index (κ3) is 7.11. The predicted octanol–water partition coefficient (Wildman–Crippen LogP) is 2.66. The quantitative estimate of drug-likeness (QED) is 0.430. The maximum Gasteiger partial charge on any atom is 0.344 e. The van der Waals surface area contributed by atoms with Gasteiger partial charge in [0, 0.05) is 6.92 Å². The van der Waals surface area contributed by atoms with Crippen LogP contribution in [0.3, 0.4) is 0 Å². The van der Waals surface area contributed by atoms with Crippen LogP contribution in [0.1, 0.15) is 35.7 Å². The molecule has 2 aromatic carbocycles. The molecule has 1 fully saturated rings. The summed E-state index contributed by atoms with van der Waals surface area (Å²) in [5, 5.41) is 9.68. The number of rotatable bonds is 11. The second-order valence-electron chi connectivity index (χ2n) is 7.22. The Morgan fingerprint density at radius 1 is 1.03 bits per heavy atom. The maximum absolute atomic E-state index is 12.3. The minimum Gasteiger partial charge on any atom is -0.489 e. The lowest BCUT2D eigenvalue weighted by Gasteiger charge is -2.16. The zero-order chi connectivity index (χ0) is 22.2. The Morgan fingerprint density at radius 3 is 2.45 bits per heavy atom. The van der Waals surface area contributed by atoms with Gasteiger partial charge < -0.3 is 24.1 Å². The number of ether oxygens (including phenoxy) is 4. The van der Waals surface area contributed by atoms with Crippen LogP contribution in [0.4, 0.5) is 0 Å². The number of hydrogen-bond acceptors (Lipinski definition) is 8. The molecule has 8 nitrogen and oxygen atoms in total. The SMILES string of the molecule is CC(=O)C(O)Oc1ccc(C(=O)OCC(=O)OCc2ccccc2)cc1OCC1CC1. The van der Waals surface area contributed by atoms with Gasteiger partial charge in [-0.2, -0.15) is 0 Å². The molecular formula is C23H24O8. The lowest BCUT2D eigenvalue weighted by molar-refractivity contribution is -0.148. The van der Waals surface area contributed by atoms with Crippen LogP contribution in [0, 0.1) is 5.92 Å². The summed E-state index contributed by atoms with van der Waals surface area (Å²) in [5.74, 6) is -1.22. The molecule has 164 valence electrons. The lowest BCUT2D eigenvalue weighted by Crippen LogP contribution is -2.24. The van der Waals surface area contributed by atoms with Gasteiger partial charge in [0.15, 0.2) is 23.9 Å². The summed E-state index contributed by atoms with van der Waals surface area (Å²) in [4.78, 5) is 35.4. The fourth-order valence-electron chi connectivity index (χ4n) is 2.53. The molecule has 0 saturated heterocycles. The fraction of sp³-hybridized carbons (Fsp3) is 0.348. The minimum atomic E-state index is -1.64. The average Bonchev–Trinajstić information content (AvgIpc) is 3.60. The second-order valence-corrected chi connectivity index (χ2v) is 7.22. The van der Waals surface area contributed by atoms with Crippen LogP contribution in [0.5, 0.6) is 11.5 Å². The highest BCUT2D eigenvalue weighted by Gasteiger charge is 2.24. The van der Waals surface area contributed by atoms with E-state index in [1.807, 2.05) is 30.3 Å². The Hall–Kier alpha value is -3.39. The second kappa shape index (κ2) is 10.6. The standard InChI is InChI=1S/C23H24O8/c1-15(24)22(26)31-19-10-9-18(11-20(19)28-12-17-7-8-17)23(27)30-14-21(25)29-13-16-5-3-2-4-6-16/h2-6,9-11,17,22,26H,7-8,12-14H2,1H3. The van der Waals surface area contributed by atoms with Crippen molar-refractivity contribution in [3.63, 3.8) is 0 Å². The van der Waals surface area contributed by atoms with Crippen molar-refractivity contribution in [3.05, 3.63) is 59.7 Å². The van der Waals surface area contributed by atoms with Crippen LogP contribution in [0.25, 0.3) is 0 Å². The molecule has 1 saturated carbocycles. The first kappa shape index (κ1) is 22.3. The number of aliphatic hydroxyl groups excluding tert-OH is 1. The molecule has 0 radical (unpaired) electrons. The first-order valence-corrected chi connectivity index (χ1v) is 9.91. The number of esters is 2. The van der Waals surface area contributed by atoms with E-state index < -0.39 is 30.6 Å². The van der Waals surface area contributed by atoms with E-state index >= 15 is 0 Å². The molecule has 1 unspecified atom stereocenters. The summed E-state index contributed by atoms with van der Waals surface area (Å²) < 4.78 is 21.0. The van der Waals surface area contributed by atoms with Crippen molar-refractivity contribution in [1.82, 2.24) is 0 Å². The Morgan fingerprint density at radius 2 is 1.77 bits per heavy atom. The molecule has 0 amide bonds. The molecule has 0 bridgehead atoms. The number of Topliss-reactive ketones (excluding diaryl/α,β-unsaturated/α-hetero) is 1.